The van der Waals surface area contributed by atoms with Crippen molar-refractivity contribution in [2.75, 3.05) is 19.6 Å². The van der Waals surface area contributed by atoms with Crippen LogP contribution in [0.15, 0.2) is 12.4 Å². The molecule has 1 aliphatic rings. The number of aromatic nitrogens is 2. The molecule has 1 aromatic rings. The molecule has 0 saturated carbocycles. The number of carbonyl (C=O) groups is 1. The molecule has 0 spiro atoms. The maximum atomic E-state index is 12.1. The molecule has 5 heteroatoms. The Hall–Kier alpha value is -1.36. The molecule has 1 aliphatic heterocycles. The number of nitrogens with one attached hydrogen (secondary N) is 1. The molecule has 19 heavy (non-hydrogen) atoms. The molecule has 1 fully saturated rings. The first-order valence-corrected chi connectivity index (χ1v) is 7.07. The van der Waals surface area contributed by atoms with Gasteiger partial charge in [0.05, 0.1) is 12.6 Å². The van der Waals surface area contributed by atoms with E-state index in [1.165, 1.54) is 12.8 Å². The number of likely N-dealkylation sites (tertiary alicyclic amines) is 1. The van der Waals surface area contributed by atoms with Crippen LogP contribution in [0, 0.1) is 5.92 Å². The standard InChI is InChI=1S/C14H24N4O/c1-11(2)13(14-15-6-9-17(14)3)16-12(19)10-18-7-4-5-8-18/h6,9,11,13H,4-5,7-8,10H2,1-3H3,(H,16,19)/t13-/m1/s1. The van der Waals surface area contributed by atoms with Crippen LogP contribution in [0.4, 0.5) is 0 Å². The lowest BCUT2D eigenvalue weighted by molar-refractivity contribution is -0.123. The summed E-state index contributed by atoms with van der Waals surface area (Å²) in [4.78, 5) is 18.7. The van der Waals surface area contributed by atoms with Crippen molar-refractivity contribution in [1.82, 2.24) is 19.8 Å². The fourth-order valence-corrected chi connectivity index (χ4v) is 2.57. The van der Waals surface area contributed by atoms with Gasteiger partial charge in [-0.15, -0.1) is 0 Å². The zero-order chi connectivity index (χ0) is 13.8. The van der Waals surface area contributed by atoms with Gasteiger partial charge in [0.25, 0.3) is 0 Å². The van der Waals surface area contributed by atoms with Crippen molar-refractivity contribution in [2.45, 2.75) is 32.7 Å². The topological polar surface area (TPSA) is 50.2 Å². The van der Waals surface area contributed by atoms with Crippen LogP contribution < -0.4 is 5.32 Å². The van der Waals surface area contributed by atoms with Crippen LogP contribution >= 0.6 is 0 Å². The molecule has 1 atom stereocenters. The van der Waals surface area contributed by atoms with Gasteiger partial charge in [-0.25, -0.2) is 4.98 Å². The molecule has 106 valence electrons. The minimum Gasteiger partial charge on any atom is -0.345 e. The molecule has 0 aromatic carbocycles. The van der Waals surface area contributed by atoms with Gasteiger partial charge in [0.2, 0.25) is 5.91 Å². The molecule has 0 bridgehead atoms. The summed E-state index contributed by atoms with van der Waals surface area (Å²) in [7, 11) is 1.96. The highest BCUT2D eigenvalue weighted by atomic mass is 16.2. The number of rotatable bonds is 5. The highest BCUT2D eigenvalue weighted by molar-refractivity contribution is 5.78. The number of aryl methyl sites for hydroxylation is 1. The molecule has 1 amide bonds. The summed E-state index contributed by atoms with van der Waals surface area (Å²) in [5.74, 6) is 1.34. The Kier molecular flexibility index (Phi) is 4.58. The number of carbonyl (C=O) groups excluding carboxylic acids is 1. The van der Waals surface area contributed by atoms with Crippen LogP contribution in [0.2, 0.25) is 0 Å². The first-order chi connectivity index (χ1) is 9.08. The normalized spacial score (nSPS) is 17.9. The van der Waals surface area contributed by atoms with Gasteiger partial charge in [-0.1, -0.05) is 13.8 Å². The van der Waals surface area contributed by atoms with Gasteiger partial charge in [0.15, 0.2) is 0 Å². The minimum atomic E-state index is -0.0184. The lowest BCUT2D eigenvalue weighted by Crippen LogP contribution is -2.40. The lowest BCUT2D eigenvalue weighted by Gasteiger charge is -2.23. The van der Waals surface area contributed by atoms with Crippen molar-refractivity contribution in [2.24, 2.45) is 13.0 Å². The molecule has 5 nitrogen and oxygen atoms in total. The van der Waals surface area contributed by atoms with Gasteiger partial charge in [-0.3, -0.25) is 9.69 Å². The average Bonchev–Trinajstić information content (AvgIpc) is 2.97. The van der Waals surface area contributed by atoms with E-state index in [2.05, 4.69) is 29.0 Å². The van der Waals surface area contributed by atoms with Crippen LogP contribution in [0.5, 0.6) is 0 Å². The van der Waals surface area contributed by atoms with Gasteiger partial charge < -0.3 is 9.88 Å². The van der Waals surface area contributed by atoms with Gasteiger partial charge >= 0.3 is 0 Å². The van der Waals surface area contributed by atoms with Crippen LogP contribution in [-0.2, 0) is 11.8 Å². The summed E-state index contributed by atoms with van der Waals surface area (Å²) in [5.41, 5.74) is 0. The SMILES string of the molecule is CC(C)[C@@H](NC(=O)CN1CCCC1)c1nccn1C. The molecule has 1 saturated heterocycles. The second-order valence-electron chi connectivity index (χ2n) is 5.67. The van der Waals surface area contributed by atoms with Crippen molar-refractivity contribution < 1.29 is 4.79 Å². The molecule has 0 radical (unpaired) electrons. The van der Waals surface area contributed by atoms with Crippen LogP contribution in [0.3, 0.4) is 0 Å². The van der Waals surface area contributed by atoms with Gasteiger partial charge in [-0.2, -0.15) is 0 Å². The summed E-state index contributed by atoms with van der Waals surface area (Å²) < 4.78 is 1.97. The van der Waals surface area contributed by atoms with Crippen molar-refractivity contribution >= 4 is 5.91 Å². The van der Waals surface area contributed by atoms with E-state index >= 15 is 0 Å². The van der Waals surface area contributed by atoms with E-state index in [1.54, 1.807) is 6.20 Å². The van der Waals surface area contributed by atoms with Gasteiger partial charge in [-0.05, 0) is 31.8 Å². The minimum absolute atomic E-state index is 0.0184. The monoisotopic (exact) mass is 264 g/mol. The van der Waals surface area contributed by atoms with Crippen LogP contribution in [-0.4, -0.2) is 40.0 Å². The van der Waals surface area contributed by atoms with E-state index in [-0.39, 0.29) is 11.9 Å². The first kappa shape index (κ1) is 14.1. The maximum absolute atomic E-state index is 12.1. The van der Waals surface area contributed by atoms with E-state index in [0.29, 0.717) is 12.5 Å². The van der Waals surface area contributed by atoms with E-state index in [1.807, 2.05) is 17.8 Å². The highest BCUT2D eigenvalue weighted by Crippen LogP contribution is 2.19. The first-order valence-electron chi connectivity index (χ1n) is 7.07. The summed E-state index contributed by atoms with van der Waals surface area (Å²) in [6, 6.07) is -0.0184. The van der Waals surface area contributed by atoms with Crippen molar-refractivity contribution in [3.05, 3.63) is 18.2 Å². The zero-order valence-electron chi connectivity index (χ0n) is 12.1. The Labute approximate surface area is 115 Å². The van der Waals surface area contributed by atoms with Crippen molar-refractivity contribution in [3.63, 3.8) is 0 Å². The second kappa shape index (κ2) is 6.19. The fourth-order valence-electron chi connectivity index (χ4n) is 2.57. The summed E-state index contributed by atoms with van der Waals surface area (Å²) in [5, 5.41) is 3.12. The van der Waals surface area contributed by atoms with Crippen LogP contribution in [0.1, 0.15) is 38.6 Å². The molecule has 1 N–H and O–H groups in total. The summed E-state index contributed by atoms with van der Waals surface area (Å²) >= 11 is 0. The second-order valence-corrected chi connectivity index (χ2v) is 5.67. The smallest absolute Gasteiger partial charge is 0.234 e. The molecular weight excluding hydrogens is 240 g/mol. The van der Waals surface area contributed by atoms with E-state index < -0.39 is 0 Å². The number of hydrogen-bond donors (Lipinski definition) is 1. The summed E-state index contributed by atoms with van der Waals surface area (Å²) in [6.07, 6.45) is 6.11. The predicted octanol–water partition coefficient (Wildman–Crippen LogP) is 1.33. The third-order valence-corrected chi connectivity index (χ3v) is 3.69. The Bertz CT molecular complexity index is 421. The van der Waals surface area contributed by atoms with Gasteiger partial charge in [0.1, 0.15) is 5.82 Å². The molecule has 2 heterocycles. The number of amides is 1. The summed E-state index contributed by atoms with van der Waals surface area (Å²) in [6.45, 7) is 6.81. The molecular formula is C14H24N4O. The third kappa shape index (κ3) is 3.56. The fraction of sp³-hybridized carbons (Fsp3) is 0.714. The Morgan fingerprint density at radius 3 is 2.63 bits per heavy atom. The Morgan fingerprint density at radius 1 is 1.42 bits per heavy atom. The highest BCUT2D eigenvalue weighted by Gasteiger charge is 2.23. The number of hydrogen-bond acceptors (Lipinski definition) is 3. The van der Waals surface area contributed by atoms with E-state index in [4.69, 9.17) is 0 Å². The Balaban J connectivity index is 1.97. The van der Waals surface area contributed by atoms with E-state index in [9.17, 15) is 4.79 Å². The van der Waals surface area contributed by atoms with Crippen molar-refractivity contribution in [1.29, 1.82) is 0 Å². The van der Waals surface area contributed by atoms with Crippen LogP contribution in [0.25, 0.3) is 0 Å². The molecule has 1 aromatic heterocycles. The quantitative estimate of drug-likeness (QED) is 0.873. The van der Waals surface area contributed by atoms with Crippen molar-refractivity contribution in [3.8, 4) is 0 Å². The molecule has 0 unspecified atom stereocenters. The third-order valence-electron chi connectivity index (χ3n) is 3.69. The lowest BCUT2D eigenvalue weighted by atomic mass is 10.0. The molecule has 0 aliphatic carbocycles. The number of nitrogens with zero attached hydrogens (tertiary/aromatic N) is 3. The molecule has 2 rings (SSSR count). The predicted molar refractivity (Wildman–Crippen MR) is 74.6 cm³/mol. The zero-order valence-corrected chi connectivity index (χ0v) is 12.1. The number of imidazole rings is 1. The van der Waals surface area contributed by atoms with E-state index in [0.717, 1.165) is 18.9 Å². The van der Waals surface area contributed by atoms with Gasteiger partial charge in [0, 0.05) is 19.4 Å². The Morgan fingerprint density at radius 2 is 2.11 bits per heavy atom. The average molecular weight is 264 g/mol. The largest absolute Gasteiger partial charge is 0.345 e. The maximum Gasteiger partial charge on any atom is 0.234 e.